The molecule has 0 bridgehead atoms. The molecule has 0 saturated carbocycles. The van der Waals surface area contributed by atoms with E-state index in [0.29, 0.717) is 0 Å². The molecule has 1 unspecified atom stereocenters. The molecule has 0 amide bonds. The van der Waals surface area contributed by atoms with Gasteiger partial charge in [0, 0.05) is 10.9 Å². The number of thiazole rings is 1. The molecule has 0 aliphatic carbocycles. The topological polar surface area (TPSA) is 52.0 Å². The molecule has 1 atom stereocenters. The molecule has 0 spiro atoms. The summed E-state index contributed by atoms with van der Waals surface area (Å²) in [5.74, 6) is 0. The fourth-order valence-corrected chi connectivity index (χ4v) is 2.23. The van der Waals surface area contributed by atoms with Gasteiger partial charge in [-0.05, 0) is 25.0 Å². The number of furan rings is 1. The molecule has 4 heteroatoms. The van der Waals surface area contributed by atoms with Crippen molar-refractivity contribution in [3.63, 3.8) is 0 Å². The highest BCUT2D eigenvalue weighted by atomic mass is 32.1. The van der Waals surface area contributed by atoms with Crippen molar-refractivity contribution in [2.75, 3.05) is 0 Å². The standard InChI is InChI=1S/C10H12N2OS/c1-7-10(14-6-12-7)9(11)4-8-2-3-13-5-8/h2-3,5-6,9H,4,11H2,1H3. The van der Waals surface area contributed by atoms with Crippen LogP contribution in [0.4, 0.5) is 0 Å². The predicted octanol–water partition coefficient (Wildman–Crippen LogP) is 2.29. The van der Waals surface area contributed by atoms with Crippen molar-refractivity contribution in [1.82, 2.24) is 4.98 Å². The van der Waals surface area contributed by atoms with Crippen molar-refractivity contribution in [3.8, 4) is 0 Å². The van der Waals surface area contributed by atoms with E-state index in [0.717, 1.165) is 22.6 Å². The number of nitrogens with two attached hydrogens (primary N) is 1. The largest absolute Gasteiger partial charge is 0.472 e. The first-order chi connectivity index (χ1) is 6.77. The summed E-state index contributed by atoms with van der Waals surface area (Å²) in [5.41, 5.74) is 10.1. The van der Waals surface area contributed by atoms with Crippen molar-refractivity contribution < 1.29 is 4.42 Å². The van der Waals surface area contributed by atoms with Gasteiger partial charge in [-0.1, -0.05) is 0 Å². The van der Waals surface area contributed by atoms with Crippen LogP contribution in [0, 0.1) is 6.92 Å². The van der Waals surface area contributed by atoms with Gasteiger partial charge in [0.25, 0.3) is 0 Å². The molecule has 0 fully saturated rings. The summed E-state index contributed by atoms with van der Waals surface area (Å²) in [6.07, 6.45) is 4.21. The fourth-order valence-electron chi connectivity index (χ4n) is 1.42. The monoisotopic (exact) mass is 208 g/mol. The second-order valence-electron chi connectivity index (χ2n) is 3.24. The summed E-state index contributed by atoms with van der Waals surface area (Å²) < 4.78 is 5.00. The van der Waals surface area contributed by atoms with Crippen LogP contribution in [-0.2, 0) is 6.42 Å². The second-order valence-corrected chi connectivity index (χ2v) is 4.13. The van der Waals surface area contributed by atoms with E-state index in [9.17, 15) is 0 Å². The van der Waals surface area contributed by atoms with Gasteiger partial charge in [-0.15, -0.1) is 11.3 Å². The van der Waals surface area contributed by atoms with E-state index in [2.05, 4.69) is 4.98 Å². The normalized spacial score (nSPS) is 13.0. The van der Waals surface area contributed by atoms with E-state index >= 15 is 0 Å². The van der Waals surface area contributed by atoms with Gasteiger partial charge in [0.05, 0.1) is 23.7 Å². The SMILES string of the molecule is Cc1ncsc1C(N)Cc1ccoc1. The predicted molar refractivity (Wildman–Crippen MR) is 56.2 cm³/mol. The lowest BCUT2D eigenvalue weighted by Gasteiger charge is -2.08. The molecular formula is C10H12N2OS. The Morgan fingerprint density at radius 1 is 1.64 bits per heavy atom. The Morgan fingerprint density at radius 3 is 3.07 bits per heavy atom. The zero-order chi connectivity index (χ0) is 9.97. The number of rotatable bonds is 3. The molecule has 14 heavy (non-hydrogen) atoms. The zero-order valence-corrected chi connectivity index (χ0v) is 8.75. The molecule has 0 aliphatic rings. The van der Waals surface area contributed by atoms with Gasteiger partial charge in [0.15, 0.2) is 0 Å². The quantitative estimate of drug-likeness (QED) is 0.842. The van der Waals surface area contributed by atoms with Gasteiger partial charge in [0.1, 0.15) is 0 Å². The lowest BCUT2D eigenvalue weighted by Crippen LogP contribution is -2.12. The van der Waals surface area contributed by atoms with Gasteiger partial charge >= 0.3 is 0 Å². The van der Waals surface area contributed by atoms with E-state index < -0.39 is 0 Å². The van der Waals surface area contributed by atoms with Crippen LogP contribution < -0.4 is 5.73 Å². The molecule has 2 heterocycles. The lowest BCUT2D eigenvalue weighted by atomic mass is 10.1. The molecule has 2 aromatic rings. The molecule has 0 radical (unpaired) electrons. The Labute approximate surface area is 86.6 Å². The van der Waals surface area contributed by atoms with Crippen LogP contribution >= 0.6 is 11.3 Å². The van der Waals surface area contributed by atoms with Gasteiger partial charge in [-0.2, -0.15) is 0 Å². The molecular weight excluding hydrogens is 196 g/mol. The number of hydrogen-bond acceptors (Lipinski definition) is 4. The molecule has 0 saturated heterocycles. The third-order valence-electron chi connectivity index (χ3n) is 2.16. The maximum absolute atomic E-state index is 6.06. The summed E-state index contributed by atoms with van der Waals surface area (Å²) in [7, 11) is 0. The molecule has 2 N–H and O–H groups in total. The molecule has 2 aromatic heterocycles. The van der Waals surface area contributed by atoms with E-state index in [1.807, 2.05) is 18.5 Å². The van der Waals surface area contributed by atoms with Gasteiger partial charge in [-0.25, -0.2) is 4.98 Å². The Hall–Kier alpha value is -1.13. The zero-order valence-electron chi connectivity index (χ0n) is 7.93. The molecule has 2 rings (SSSR count). The van der Waals surface area contributed by atoms with Crippen LogP contribution in [0.3, 0.4) is 0 Å². The van der Waals surface area contributed by atoms with E-state index in [1.54, 1.807) is 23.9 Å². The van der Waals surface area contributed by atoms with Crippen LogP contribution in [0.5, 0.6) is 0 Å². The highest BCUT2D eigenvalue weighted by Gasteiger charge is 2.12. The second kappa shape index (κ2) is 3.94. The number of nitrogens with zero attached hydrogens (tertiary/aromatic N) is 1. The smallest absolute Gasteiger partial charge is 0.0935 e. The van der Waals surface area contributed by atoms with Crippen molar-refractivity contribution in [2.24, 2.45) is 5.73 Å². The first-order valence-corrected chi connectivity index (χ1v) is 5.32. The lowest BCUT2D eigenvalue weighted by molar-refractivity contribution is 0.561. The van der Waals surface area contributed by atoms with Crippen molar-refractivity contribution in [1.29, 1.82) is 0 Å². The summed E-state index contributed by atoms with van der Waals surface area (Å²) in [4.78, 5) is 5.34. The molecule has 0 aromatic carbocycles. The first kappa shape index (κ1) is 9.43. The van der Waals surface area contributed by atoms with Gasteiger partial charge < -0.3 is 10.2 Å². The van der Waals surface area contributed by atoms with Crippen LogP contribution in [0.15, 0.2) is 28.5 Å². The van der Waals surface area contributed by atoms with Crippen LogP contribution in [0.1, 0.15) is 22.2 Å². The van der Waals surface area contributed by atoms with Gasteiger partial charge in [0.2, 0.25) is 0 Å². The van der Waals surface area contributed by atoms with Gasteiger partial charge in [-0.3, -0.25) is 0 Å². The number of hydrogen-bond donors (Lipinski definition) is 1. The average molecular weight is 208 g/mol. The number of aromatic nitrogens is 1. The third kappa shape index (κ3) is 1.86. The van der Waals surface area contributed by atoms with Crippen molar-refractivity contribution in [3.05, 3.63) is 40.2 Å². The number of aryl methyl sites for hydroxylation is 1. The Balaban J connectivity index is 2.10. The summed E-state index contributed by atoms with van der Waals surface area (Å²) in [5, 5.41) is 0. The average Bonchev–Trinajstić information content (AvgIpc) is 2.75. The maximum Gasteiger partial charge on any atom is 0.0935 e. The summed E-state index contributed by atoms with van der Waals surface area (Å²) in [6.45, 7) is 1.99. The van der Waals surface area contributed by atoms with Crippen LogP contribution in [-0.4, -0.2) is 4.98 Å². The minimum atomic E-state index is 0.0279. The summed E-state index contributed by atoms with van der Waals surface area (Å²) in [6, 6.07) is 1.97. The fraction of sp³-hybridized carbons (Fsp3) is 0.300. The Bertz CT molecular complexity index is 394. The van der Waals surface area contributed by atoms with Crippen LogP contribution in [0.2, 0.25) is 0 Å². The first-order valence-electron chi connectivity index (χ1n) is 4.44. The maximum atomic E-state index is 6.06. The minimum absolute atomic E-state index is 0.0279. The summed E-state index contributed by atoms with van der Waals surface area (Å²) >= 11 is 1.61. The van der Waals surface area contributed by atoms with Crippen molar-refractivity contribution >= 4 is 11.3 Å². The van der Waals surface area contributed by atoms with Crippen LogP contribution in [0.25, 0.3) is 0 Å². The highest BCUT2D eigenvalue weighted by Crippen LogP contribution is 2.22. The molecule has 74 valence electrons. The minimum Gasteiger partial charge on any atom is -0.472 e. The van der Waals surface area contributed by atoms with E-state index in [4.69, 9.17) is 10.2 Å². The van der Waals surface area contributed by atoms with Crippen molar-refractivity contribution in [2.45, 2.75) is 19.4 Å². The Morgan fingerprint density at radius 2 is 2.50 bits per heavy atom. The molecule has 0 aliphatic heterocycles. The van der Waals surface area contributed by atoms with E-state index in [-0.39, 0.29) is 6.04 Å². The third-order valence-corrected chi connectivity index (χ3v) is 3.22. The molecule has 3 nitrogen and oxygen atoms in total. The Kier molecular flexibility index (Phi) is 2.65. The highest BCUT2D eigenvalue weighted by molar-refractivity contribution is 7.09. The van der Waals surface area contributed by atoms with E-state index in [1.165, 1.54) is 0 Å².